The number of nitrogens with one attached hydrogen (secondary N) is 3. The molecule has 38 heavy (non-hydrogen) atoms. The Kier molecular flexibility index (Phi) is 7.22. The van der Waals surface area contributed by atoms with Gasteiger partial charge >= 0.3 is 0 Å². The first kappa shape index (κ1) is 25.2. The summed E-state index contributed by atoms with van der Waals surface area (Å²) >= 11 is 1.12. The quantitative estimate of drug-likeness (QED) is 0.408. The van der Waals surface area contributed by atoms with Crippen LogP contribution in [0.3, 0.4) is 0 Å². The van der Waals surface area contributed by atoms with Crippen molar-refractivity contribution in [3.05, 3.63) is 71.4 Å². The molecule has 3 amide bonds. The van der Waals surface area contributed by atoms with Crippen molar-refractivity contribution in [2.24, 2.45) is 9.98 Å². The van der Waals surface area contributed by atoms with Gasteiger partial charge in [-0.05, 0) is 36.8 Å². The number of carbonyl (C=O) groups excluding carboxylic acids is 3. The maximum Gasteiger partial charge on any atom is 0.259 e. The highest BCUT2D eigenvalue weighted by Gasteiger charge is 2.42. The highest BCUT2D eigenvalue weighted by molar-refractivity contribution is 8.14. The number of H-pyrrole nitrogens is 1. The number of hydrogen-bond donors (Lipinski definition) is 3. The lowest BCUT2D eigenvalue weighted by Gasteiger charge is -2.25. The number of rotatable bonds is 8. The third kappa shape index (κ3) is 5.44. The molecule has 2 aromatic carbocycles. The number of amidine groups is 2. The molecule has 3 heterocycles. The SMILES string of the molecule is COc1ccc(CNC(=O)C[C@H]2N=C3c4ccccc4N=C(SCC(=O)Nc4cc(C)[nH]n4)N3C2=O)cc1. The Labute approximate surface area is 222 Å². The summed E-state index contributed by atoms with van der Waals surface area (Å²) < 4.78 is 5.15. The molecule has 0 spiro atoms. The maximum atomic E-state index is 13.4. The Balaban J connectivity index is 1.26. The second-order valence-corrected chi connectivity index (χ2v) is 9.60. The molecule has 2 aliphatic heterocycles. The first-order chi connectivity index (χ1) is 18.4. The maximum absolute atomic E-state index is 13.4. The summed E-state index contributed by atoms with van der Waals surface area (Å²) in [5, 5.41) is 12.7. The topological polar surface area (TPSA) is 141 Å². The molecule has 1 aromatic heterocycles. The van der Waals surface area contributed by atoms with Crippen molar-refractivity contribution in [1.82, 2.24) is 20.4 Å². The number of carbonyl (C=O) groups is 3. The smallest absolute Gasteiger partial charge is 0.259 e. The summed E-state index contributed by atoms with van der Waals surface area (Å²) in [4.78, 5) is 49.2. The zero-order chi connectivity index (χ0) is 26.6. The summed E-state index contributed by atoms with van der Waals surface area (Å²) in [7, 11) is 1.59. The van der Waals surface area contributed by atoms with Gasteiger partial charge in [0.25, 0.3) is 5.91 Å². The van der Waals surface area contributed by atoms with Gasteiger partial charge in [-0.15, -0.1) is 0 Å². The van der Waals surface area contributed by atoms with Gasteiger partial charge < -0.3 is 15.4 Å². The molecule has 194 valence electrons. The second kappa shape index (κ2) is 10.9. The van der Waals surface area contributed by atoms with E-state index < -0.39 is 6.04 Å². The zero-order valence-electron chi connectivity index (χ0n) is 20.7. The summed E-state index contributed by atoms with van der Waals surface area (Å²) in [6, 6.07) is 15.5. The van der Waals surface area contributed by atoms with Gasteiger partial charge in [-0.1, -0.05) is 36.0 Å². The molecule has 0 aliphatic carbocycles. The fourth-order valence-corrected chi connectivity index (χ4v) is 4.82. The van der Waals surface area contributed by atoms with Gasteiger partial charge in [-0.3, -0.25) is 24.5 Å². The van der Waals surface area contributed by atoms with Crippen LogP contribution in [0, 0.1) is 6.92 Å². The Morgan fingerprint density at radius 2 is 1.92 bits per heavy atom. The number of hydrogen-bond acceptors (Lipinski definition) is 8. The van der Waals surface area contributed by atoms with Crippen LogP contribution >= 0.6 is 11.8 Å². The summed E-state index contributed by atoms with van der Waals surface area (Å²) in [5.74, 6) is 0.650. The van der Waals surface area contributed by atoms with Crippen LogP contribution in [0.5, 0.6) is 5.75 Å². The van der Waals surface area contributed by atoms with E-state index in [0.717, 1.165) is 28.8 Å². The van der Waals surface area contributed by atoms with Crippen molar-refractivity contribution in [1.29, 1.82) is 0 Å². The highest BCUT2D eigenvalue weighted by atomic mass is 32.2. The van der Waals surface area contributed by atoms with Crippen molar-refractivity contribution < 1.29 is 19.1 Å². The number of aromatic amines is 1. The van der Waals surface area contributed by atoms with Crippen LogP contribution in [0.25, 0.3) is 0 Å². The number of amides is 3. The van der Waals surface area contributed by atoms with Crippen LogP contribution in [-0.2, 0) is 20.9 Å². The van der Waals surface area contributed by atoms with Gasteiger partial charge in [0, 0.05) is 23.9 Å². The van der Waals surface area contributed by atoms with Gasteiger partial charge in [-0.25, -0.2) is 9.89 Å². The van der Waals surface area contributed by atoms with Crippen LogP contribution in [0.15, 0.2) is 64.6 Å². The van der Waals surface area contributed by atoms with E-state index in [9.17, 15) is 14.4 Å². The fraction of sp³-hybridized carbons (Fsp3) is 0.231. The van der Waals surface area contributed by atoms with Crippen LogP contribution in [0.1, 0.15) is 23.2 Å². The van der Waals surface area contributed by atoms with Crippen molar-refractivity contribution in [3.63, 3.8) is 0 Å². The zero-order valence-corrected chi connectivity index (χ0v) is 21.5. The fourth-order valence-electron chi connectivity index (χ4n) is 4.01. The van der Waals surface area contributed by atoms with Gasteiger partial charge in [-0.2, -0.15) is 5.10 Å². The number of ether oxygens (including phenoxy) is 1. The molecule has 2 aliphatic rings. The monoisotopic (exact) mass is 531 g/mol. The van der Waals surface area contributed by atoms with E-state index >= 15 is 0 Å². The van der Waals surface area contributed by atoms with Gasteiger partial charge in [0.15, 0.2) is 11.0 Å². The lowest BCUT2D eigenvalue weighted by atomic mass is 10.1. The molecule has 0 unspecified atom stereocenters. The van der Waals surface area contributed by atoms with Crippen LogP contribution < -0.4 is 15.4 Å². The average molecular weight is 532 g/mol. The molecule has 0 bridgehead atoms. The third-order valence-corrected chi connectivity index (χ3v) is 6.82. The molecule has 0 fully saturated rings. The van der Waals surface area contributed by atoms with Crippen LogP contribution in [0.2, 0.25) is 0 Å². The Morgan fingerprint density at radius 3 is 2.66 bits per heavy atom. The number of benzene rings is 2. The van der Waals surface area contributed by atoms with Crippen molar-refractivity contribution in [2.75, 3.05) is 18.2 Å². The minimum atomic E-state index is -0.890. The first-order valence-corrected chi connectivity index (χ1v) is 12.8. The number of aliphatic imine (C=N–C) groups is 2. The van der Waals surface area contributed by atoms with Gasteiger partial charge in [0.2, 0.25) is 11.8 Å². The summed E-state index contributed by atoms with van der Waals surface area (Å²) in [6.45, 7) is 2.15. The van der Waals surface area contributed by atoms with E-state index in [-0.39, 0.29) is 29.9 Å². The highest BCUT2D eigenvalue weighted by Crippen LogP contribution is 2.34. The largest absolute Gasteiger partial charge is 0.497 e. The average Bonchev–Trinajstić information content (AvgIpc) is 3.48. The number of aromatic nitrogens is 2. The number of nitrogens with zero attached hydrogens (tertiary/aromatic N) is 4. The predicted molar refractivity (Wildman–Crippen MR) is 145 cm³/mol. The second-order valence-electron chi connectivity index (χ2n) is 8.66. The Morgan fingerprint density at radius 1 is 1.13 bits per heavy atom. The van der Waals surface area contributed by atoms with E-state index in [1.807, 2.05) is 55.5 Å². The molecule has 11 nitrogen and oxygen atoms in total. The predicted octanol–water partition coefficient (Wildman–Crippen LogP) is 2.76. The Hall–Kier alpha value is -4.45. The van der Waals surface area contributed by atoms with Gasteiger partial charge in [0.05, 0.1) is 25.0 Å². The van der Waals surface area contributed by atoms with E-state index in [0.29, 0.717) is 34.6 Å². The molecule has 3 aromatic rings. The lowest BCUT2D eigenvalue weighted by molar-refractivity contribution is -0.128. The number of methoxy groups -OCH3 is 1. The molecular formula is C26H25N7O4S. The van der Waals surface area contributed by atoms with Crippen molar-refractivity contribution in [3.8, 4) is 5.75 Å². The van der Waals surface area contributed by atoms with Crippen molar-refractivity contribution >= 4 is 52.0 Å². The molecule has 12 heteroatoms. The molecule has 3 N–H and O–H groups in total. The Bertz CT molecular complexity index is 1450. The van der Waals surface area contributed by atoms with Crippen molar-refractivity contribution in [2.45, 2.75) is 25.9 Å². The number of aryl methyl sites for hydroxylation is 1. The minimum Gasteiger partial charge on any atom is -0.497 e. The molecule has 0 saturated carbocycles. The van der Waals surface area contributed by atoms with Gasteiger partial charge in [0.1, 0.15) is 17.6 Å². The number of fused-ring (bicyclic) bond motifs is 3. The number of para-hydroxylation sites is 1. The minimum absolute atomic E-state index is 0.0109. The lowest BCUT2D eigenvalue weighted by Crippen LogP contribution is -2.42. The first-order valence-electron chi connectivity index (χ1n) is 11.9. The summed E-state index contributed by atoms with van der Waals surface area (Å²) in [6.07, 6.45) is -0.103. The molecule has 0 radical (unpaired) electrons. The van der Waals surface area contributed by atoms with Crippen LogP contribution in [0.4, 0.5) is 11.5 Å². The van der Waals surface area contributed by atoms with E-state index in [4.69, 9.17) is 4.74 Å². The molecule has 0 saturated heterocycles. The van der Waals surface area contributed by atoms with E-state index in [1.165, 1.54) is 4.90 Å². The number of thioether (sulfide) groups is 1. The number of anilines is 1. The standard InChI is InChI=1S/C26H25N7O4S/c1-15-11-21(32-31-15)30-23(35)14-38-26-29-19-6-4-3-5-18(19)24-28-20(25(36)33(24)26)12-22(34)27-13-16-7-9-17(37-2)10-8-16/h3-11,20H,12-14H2,1-2H3,(H,27,34)(H2,30,31,32,35)/t20-/m1/s1. The summed E-state index contributed by atoms with van der Waals surface area (Å²) in [5.41, 5.74) is 3.07. The van der Waals surface area contributed by atoms with E-state index in [2.05, 4.69) is 30.8 Å². The van der Waals surface area contributed by atoms with Crippen LogP contribution in [-0.4, -0.2) is 62.7 Å². The molecule has 5 rings (SSSR count). The molecule has 1 atom stereocenters. The third-order valence-electron chi connectivity index (χ3n) is 5.88. The normalized spacial score (nSPS) is 15.8. The van der Waals surface area contributed by atoms with E-state index in [1.54, 1.807) is 13.2 Å². The molecular weight excluding hydrogens is 506 g/mol.